The lowest BCUT2D eigenvalue weighted by atomic mass is 10.1. The van der Waals surface area contributed by atoms with Crippen molar-refractivity contribution in [3.05, 3.63) is 65.2 Å². The smallest absolute Gasteiger partial charge is 0.138 e. The number of ether oxygens (including phenoxy) is 1. The van der Waals surface area contributed by atoms with Gasteiger partial charge < -0.3 is 4.74 Å². The SMILES string of the molecule is Clc1ccccc1OC(c1ccccc1)C1CC1. The lowest BCUT2D eigenvalue weighted by Crippen LogP contribution is -2.09. The number of hydrogen-bond donors (Lipinski definition) is 0. The Morgan fingerprint density at radius 2 is 1.61 bits per heavy atom. The van der Waals surface area contributed by atoms with E-state index < -0.39 is 0 Å². The number of para-hydroxylation sites is 1. The van der Waals surface area contributed by atoms with E-state index >= 15 is 0 Å². The largest absolute Gasteiger partial charge is 0.484 e. The fourth-order valence-electron chi connectivity index (χ4n) is 2.16. The Morgan fingerprint density at radius 3 is 2.28 bits per heavy atom. The monoisotopic (exact) mass is 258 g/mol. The van der Waals surface area contributed by atoms with E-state index in [2.05, 4.69) is 24.3 Å². The molecular weight excluding hydrogens is 244 g/mol. The molecule has 0 amide bonds. The minimum Gasteiger partial charge on any atom is -0.484 e. The van der Waals surface area contributed by atoms with Gasteiger partial charge in [-0.25, -0.2) is 0 Å². The second kappa shape index (κ2) is 5.03. The first-order valence-corrected chi connectivity index (χ1v) is 6.68. The minimum atomic E-state index is 0.131. The van der Waals surface area contributed by atoms with Crippen molar-refractivity contribution < 1.29 is 4.74 Å². The first-order chi connectivity index (χ1) is 8.84. The predicted molar refractivity (Wildman–Crippen MR) is 74.0 cm³/mol. The molecule has 0 aromatic heterocycles. The summed E-state index contributed by atoms with van der Waals surface area (Å²) in [6, 6.07) is 18.1. The molecule has 0 spiro atoms. The first kappa shape index (κ1) is 11.6. The van der Waals surface area contributed by atoms with Crippen LogP contribution in [-0.2, 0) is 0 Å². The average molecular weight is 259 g/mol. The van der Waals surface area contributed by atoms with Crippen LogP contribution < -0.4 is 4.74 Å². The molecule has 2 aromatic carbocycles. The zero-order chi connectivity index (χ0) is 12.4. The van der Waals surface area contributed by atoms with Crippen LogP contribution in [0.3, 0.4) is 0 Å². The Bertz CT molecular complexity index is 520. The normalized spacial score (nSPS) is 16.3. The molecule has 0 heterocycles. The number of halogens is 1. The highest BCUT2D eigenvalue weighted by Crippen LogP contribution is 2.44. The standard InChI is InChI=1S/C16H15ClO/c17-14-8-4-5-9-15(14)18-16(13-10-11-13)12-6-2-1-3-7-12/h1-9,13,16H,10-11H2. The van der Waals surface area contributed by atoms with Gasteiger partial charge in [0, 0.05) is 5.92 Å². The van der Waals surface area contributed by atoms with Crippen LogP contribution >= 0.6 is 11.6 Å². The molecule has 0 saturated heterocycles. The van der Waals surface area contributed by atoms with Gasteiger partial charge in [-0.15, -0.1) is 0 Å². The van der Waals surface area contributed by atoms with E-state index in [1.54, 1.807) is 0 Å². The molecule has 0 N–H and O–H groups in total. The summed E-state index contributed by atoms with van der Waals surface area (Å²) in [5.74, 6) is 1.41. The maximum atomic E-state index is 6.16. The predicted octanol–water partition coefficient (Wildman–Crippen LogP) is 4.87. The molecule has 92 valence electrons. The highest BCUT2D eigenvalue weighted by atomic mass is 35.5. The van der Waals surface area contributed by atoms with Gasteiger partial charge in [-0.1, -0.05) is 54.1 Å². The molecule has 0 bridgehead atoms. The summed E-state index contributed by atoms with van der Waals surface area (Å²) in [5, 5.41) is 0.680. The maximum absolute atomic E-state index is 6.16. The van der Waals surface area contributed by atoms with Crippen LogP contribution in [0, 0.1) is 5.92 Å². The quantitative estimate of drug-likeness (QED) is 0.760. The van der Waals surface area contributed by atoms with Crippen molar-refractivity contribution in [1.29, 1.82) is 0 Å². The summed E-state index contributed by atoms with van der Waals surface area (Å²) in [7, 11) is 0. The van der Waals surface area contributed by atoms with Gasteiger partial charge >= 0.3 is 0 Å². The first-order valence-electron chi connectivity index (χ1n) is 6.31. The van der Waals surface area contributed by atoms with Crippen LogP contribution in [-0.4, -0.2) is 0 Å². The fourth-order valence-corrected chi connectivity index (χ4v) is 2.34. The Hall–Kier alpha value is -1.47. The zero-order valence-electron chi connectivity index (χ0n) is 10.1. The van der Waals surface area contributed by atoms with Gasteiger partial charge in [0.1, 0.15) is 11.9 Å². The van der Waals surface area contributed by atoms with E-state index in [9.17, 15) is 0 Å². The molecule has 1 fully saturated rings. The molecule has 1 saturated carbocycles. The van der Waals surface area contributed by atoms with Crippen molar-refractivity contribution in [3.63, 3.8) is 0 Å². The minimum absolute atomic E-state index is 0.131. The Morgan fingerprint density at radius 1 is 0.944 bits per heavy atom. The van der Waals surface area contributed by atoms with Crippen LogP contribution in [0.15, 0.2) is 54.6 Å². The molecule has 18 heavy (non-hydrogen) atoms. The Balaban J connectivity index is 1.86. The topological polar surface area (TPSA) is 9.23 Å². The molecule has 0 radical (unpaired) electrons. The lowest BCUT2D eigenvalue weighted by Gasteiger charge is -2.20. The van der Waals surface area contributed by atoms with E-state index in [-0.39, 0.29) is 6.10 Å². The van der Waals surface area contributed by atoms with Gasteiger partial charge in [-0.05, 0) is 30.5 Å². The summed E-state index contributed by atoms with van der Waals surface area (Å²) >= 11 is 6.16. The van der Waals surface area contributed by atoms with Crippen LogP contribution in [0.1, 0.15) is 24.5 Å². The van der Waals surface area contributed by atoms with E-state index in [0.29, 0.717) is 10.9 Å². The molecule has 3 rings (SSSR count). The zero-order valence-corrected chi connectivity index (χ0v) is 10.8. The molecule has 2 heteroatoms. The fraction of sp³-hybridized carbons (Fsp3) is 0.250. The third-order valence-electron chi connectivity index (χ3n) is 3.27. The van der Waals surface area contributed by atoms with E-state index in [1.165, 1.54) is 18.4 Å². The third-order valence-corrected chi connectivity index (χ3v) is 3.58. The Kier molecular flexibility index (Phi) is 3.24. The highest BCUT2D eigenvalue weighted by Gasteiger charge is 2.34. The Labute approximate surface area is 112 Å². The lowest BCUT2D eigenvalue weighted by molar-refractivity contribution is 0.181. The second-order valence-electron chi connectivity index (χ2n) is 4.72. The van der Waals surface area contributed by atoms with Crippen LogP contribution in [0.5, 0.6) is 5.75 Å². The van der Waals surface area contributed by atoms with Crippen molar-refractivity contribution in [3.8, 4) is 5.75 Å². The number of hydrogen-bond acceptors (Lipinski definition) is 1. The van der Waals surface area contributed by atoms with Gasteiger partial charge in [0.25, 0.3) is 0 Å². The summed E-state index contributed by atoms with van der Waals surface area (Å²) in [5.41, 5.74) is 1.24. The molecule has 1 aliphatic carbocycles. The third kappa shape index (κ3) is 2.51. The van der Waals surface area contributed by atoms with Crippen molar-refractivity contribution in [1.82, 2.24) is 0 Å². The van der Waals surface area contributed by atoms with Gasteiger partial charge in [-0.2, -0.15) is 0 Å². The van der Waals surface area contributed by atoms with Gasteiger partial charge in [-0.3, -0.25) is 0 Å². The van der Waals surface area contributed by atoms with Gasteiger partial charge in [0.05, 0.1) is 5.02 Å². The van der Waals surface area contributed by atoms with E-state index in [1.807, 2.05) is 30.3 Å². The highest BCUT2D eigenvalue weighted by molar-refractivity contribution is 6.32. The van der Waals surface area contributed by atoms with E-state index in [4.69, 9.17) is 16.3 Å². The van der Waals surface area contributed by atoms with Crippen molar-refractivity contribution in [2.45, 2.75) is 18.9 Å². The molecule has 1 unspecified atom stereocenters. The number of benzene rings is 2. The maximum Gasteiger partial charge on any atom is 0.138 e. The molecule has 1 nitrogen and oxygen atoms in total. The summed E-state index contributed by atoms with van der Waals surface area (Å²) in [6.07, 6.45) is 2.61. The molecule has 2 aromatic rings. The van der Waals surface area contributed by atoms with Gasteiger partial charge in [0.2, 0.25) is 0 Å². The summed E-state index contributed by atoms with van der Waals surface area (Å²) in [6.45, 7) is 0. The van der Waals surface area contributed by atoms with Crippen molar-refractivity contribution in [2.24, 2.45) is 5.92 Å². The van der Waals surface area contributed by atoms with Crippen molar-refractivity contribution >= 4 is 11.6 Å². The van der Waals surface area contributed by atoms with Crippen LogP contribution in [0.2, 0.25) is 5.02 Å². The van der Waals surface area contributed by atoms with Crippen LogP contribution in [0.25, 0.3) is 0 Å². The number of rotatable bonds is 4. The van der Waals surface area contributed by atoms with Gasteiger partial charge in [0.15, 0.2) is 0 Å². The van der Waals surface area contributed by atoms with Crippen molar-refractivity contribution in [2.75, 3.05) is 0 Å². The van der Waals surface area contributed by atoms with Crippen LogP contribution in [0.4, 0.5) is 0 Å². The molecular formula is C16H15ClO. The second-order valence-corrected chi connectivity index (χ2v) is 5.12. The molecule has 0 aliphatic heterocycles. The van der Waals surface area contributed by atoms with E-state index in [0.717, 1.165) is 5.75 Å². The molecule has 1 aliphatic rings. The molecule has 1 atom stereocenters. The summed E-state index contributed by atoms with van der Waals surface area (Å²) < 4.78 is 6.12. The summed E-state index contributed by atoms with van der Waals surface area (Å²) in [4.78, 5) is 0. The average Bonchev–Trinajstić information content (AvgIpc) is 3.23.